The summed E-state index contributed by atoms with van der Waals surface area (Å²) in [5, 5.41) is 1.15. The minimum absolute atomic E-state index is 0.0519. The number of benzene rings is 2. The number of H-pyrrole nitrogens is 1. The number of hydrogen-bond acceptors (Lipinski definition) is 4. The molecule has 0 atom stereocenters. The minimum atomic E-state index is -0.209. The summed E-state index contributed by atoms with van der Waals surface area (Å²) in [4.78, 5) is 33.0. The number of piperidine rings is 1. The lowest BCUT2D eigenvalue weighted by Crippen LogP contribution is -2.41. The molecule has 3 aromatic rings. The number of carbonyl (C=O) groups excluding carboxylic acids is 1. The van der Waals surface area contributed by atoms with Gasteiger partial charge in [-0.15, -0.1) is 0 Å². The Kier molecular flexibility index (Phi) is 4.81. The first-order chi connectivity index (χ1) is 13.1. The van der Waals surface area contributed by atoms with Gasteiger partial charge in [0.05, 0.1) is 17.2 Å². The van der Waals surface area contributed by atoms with Crippen molar-refractivity contribution < 1.29 is 9.53 Å². The number of fused-ring (bicyclic) bond motifs is 1. The van der Waals surface area contributed by atoms with Crippen molar-refractivity contribution in [3.63, 3.8) is 0 Å². The number of likely N-dealkylation sites (tertiary alicyclic amines) is 1. The Bertz CT molecular complexity index is 1020. The summed E-state index contributed by atoms with van der Waals surface area (Å²) in [5.41, 5.74) is 0.849. The zero-order chi connectivity index (χ0) is 18.8. The quantitative estimate of drug-likeness (QED) is 0.753. The van der Waals surface area contributed by atoms with E-state index in [-0.39, 0.29) is 17.6 Å². The first-order valence-electron chi connectivity index (χ1n) is 8.79. The Labute approximate surface area is 160 Å². The van der Waals surface area contributed by atoms with Crippen LogP contribution >= 0.6 is 11.6 Å². The first-order valence-corrected chi connectivity index (χ1v) is 9.17. The van der Waals surface area contributed by atoms with E-state index < -0.39 is 0 Å². The van der Waals surface area contributed by atoms with E-state index in [1.54, 1.807) is 30.3 Å². The van der Waals surface area contributed by atoms with Gasteiger partial charge in [0.25, 0.3) is 11.5 Å². The van der Waals surface area contributed by atoms with Crippen LogP contribution in [0.1, 0.15) is 23.2 Å². The van der Waals surface area contributed by atoms with E-state index in [2.05, 4.69) is 9.97 Å². The van der Waals surface area contributed by atoms with Crippen LogP contribution in [0, 0.1) is 0 Å². The normalized spacial score (nSPS) is 15.1. The lowest BCUT2D eigenvalue weighted by atomic mass is 10.1. The molecular formula is C20H18ClN3O3. The highest BCUT2D eigenvalue weighted by molar-refractivity contribution is 6.30. The monoisotopic (exact) mass is 383 g/mol. The van der Waals surface area contributed by atoms with Gasteiger partial charge in [-0.2, -0.15) is 0 Å². The molecule has 0 aliphatic carbocycles. The number of aromatic amines is 1. The predicted molar refractivity (Wildman–Crippen MR) is 103 cm³/mol. The van der Waals surface area contributed by atoms with Gasteiger partial charge < -0.3 is 14.6 Å². The number of aromatic nitrogens is 2. The molecule has 1 N–H and O–H groups in total. The third-order valence-corrected chi connectivity index (χ3v) is 4.99. The molecule has 0 saturated carbocycles. The Morgan fingerprint density at radius 1 is 1.15 bits per heavy atom. The molecule has 0 radical (unpaired) electrons. The van der Waals surface area contributed by atoms with Crippen LogP contribution in [-0.2, 0) is 0 Å². The number of nitrogens with zero attached hydrogens (tertiary/aromatic N) is 2. The minimum Gasteiger partial charge on any atom is -0.490 e. The lowest BCUT2D eigenvalue weighted by molar-refractivity contribution is 0.0595. The number of nitrogens with one attached hydrogen (secondary N) is 1. The fourth-order valence-electron chi connectivity index (χ4n) is 3.27. The van der Waals surface area contributed by atoms with Crippen molar-refractivity contribution in [2.24, 2.45) is 0 Å². The van der Waals surface area contributed by atoms with Crippen molar-refractivity contribution in [2.75, 3.05) is 13.1 Å². The first kappa shape index (κ1) is 17.5. The second-order valence-electron chi connectivity index (χ2n) is 6.53. The van der Waals surface area contributed by atoms with E-state index in [1.807, 2.05) is 17.0 Å². The lowest BCUT2D eigenvalue weighted by Gasteiger charge is -2.32. The second-order valence-corrected chi connectivity index (χ2v) is 6.96. The fourth-order valence-corrected chi connectivity index (χ4v) is 3.39. The summed E-state index contributed by atoms with van der Waals surface area (Å²) in [5.74, 6) is 0.735. The van der Waals surface area contributed by atoms with E-state index in [0.717, 1.165) is 18.6 Å². The molecule has 4 rings (SSSR count). The van der Waals surface area contributed by atoms with Gasteiger partial charge in [-0.1, -0.05) is 11.6 Å². The van der Waals surface area contributed by atoms with Gasteiger partial charge in [-0.05, 0) is 42.5 Å². The SMILES string of the molecule is O=C(c1ccc2c(=O)[nH]cnc2c1)N1CCC(Oc2ccc(Cl)cc2)CC1. The van der Waals surface area contributed by atoms with E-state index in [4.69, 9.17) is 16.3 Å². The Balaban J connectivity index is 1.41. The smallest absolute Gasteiger partial charge is 0.258 e. The van der Waals surface area contributed by atoms with Gasteiger partial charge in [0.15, 0.2) is 0 Å². The van der Waals surface area contributed by atoms with Crippen molar-refractivity contribution in [1.82, 2.24) is 14.9 Å². The molecule has 2 heterocycles. The Morgan fingerprint density at radius 3 is 2.63 bits per heavy atom. The van der Waals surface area contributed by atoms with Crippen molar-refractivity contribution in [3.8, 4) is 5.75 Å². The van der Waals surface area contributed by atoms with E-state index in [0.29, 0.717) is 34.6 Å². The summed E-state index contributed by atoms with van der Waals surface area (Å²) in [6.07, 6.45) is 2.95. The number of hydrogen-bond donors (Lipinski definition) is 1. The molecule has 0 spiro atoms. The highest BCUT2D eigenvalue weighted by Gasteiger charge is 2.25. The zero-order valence-corrected chi connectivity index (χ0v) is 15.3. The molecule has 2 aromatic carbocycles. The number of ether oxygens (including phenoxy) is 1. The molecule has 0 unspecified atom stereocenters. The number of halogens is 1. The summed E-state index contributed by atoms with van der Waals surface area (Å²) < 4.78 is 5.97. The van der Waals surface area contributed by atoms with Gasteiger partial charge in [-0.25, -0.2) is 4.98 Å². The van der Waals surface area contributed by atoms with Crippen LogP contribution in [0.15, 0.2) is 53.6 Å². The van der Waals surface area contributed by atoms with E-state index in [9.17, 15) is 9.59 Å². The van der Waals surface area contributed by atoms with Crippen LogP contribution in [-0.4, -0.2) is 40.0 Å². The number of rotatable bonds is 3. The van der Waals surface area contributed by atoms with Gasteiger partial charge in [-0.3, -0.25) is 9.59 Å². The largest absolute Gasteiger partial charge is 0.490 e. The van der Waals surface area contributed by atoms with Crippen molar-refractivity contribution in [2.45, 2.75) is 18.9 Å². The second kappa shape index (κ2) is 7.40. The van der Waals surface area contributed by atoms with Crippen LogP contribution in [0.2, 0.25) is 5.02 Å². The van der Waals surface area contributed by atoms with Crippen LogP contribution in [0.4, 0.5) is 0 Å². The van der Waals surface area contributed by atoms with Crippen LogP contribution in [0.3, 0.4) is 0 Å². The topological polar surface area (TPSA) is 75.3 Å². The molecule has 1 aliphatic heterocycles. The molecule has 6 nitrogen and oxygen atoms in total. The summed E-state index contributed by atoms with van der Waals surface area (Å²) in [6.45, 7) is 1.25. The van der Waals surface area contributed by atoms with E-state index in [1.165, 1.54) is 6.33 Å². The van der Waals surface area contributed by atoms with Crippen molar-refractivity contribution in [1.29, 1.82) is 0 Å². The zero-order valence-electron chi connectivity index (χ0n) is 14.5. The molecule has 1 amide bonds. The summed E-state index contributed by atoms with van der Waals surface area (Å²) in [6, 6.07) is 12.3. The average molecular weight is 384 g/mol. The van der Waals surface area contributed by atoms with Crippen LogP contribution in [0.5, 0.6) is 5.75 Å². The Hall–Kier alpha value is -2.86. The molecule has 27 heavy (non-hydrogen) atoms. The Morgan fingerprint density at radius 2 is 1.89 bits per heavy atom. The van der Waals surface area contributed by atoms with Gasteiger partial charge in [0, 0.05) is 36.5 Å². The molecule has 1 fully saturated rings. The maximum absolute atomic E-state index is 12.8. The van der Waals surface area contributed by atoms with Gasteiger partial charge in [0.2, 0.25) is 0 Å². The molecule has 1 aliphatic rings. The van der Waals surface area contributed by atoms with Crippen LogP contribution in [0.25, 0.3) is 10.9 Å². The number of amides is 1. The molecular weight excluding hydrogens is 366 g/mol. The van der Waals surface area contributed by atoms with Gasteiger partial charge >= 0.3 is 0 Å². The van der Waals surface area contributed by atoms with Crippen molar-refractivity contribution >= 4 is 28.4 Å². The highest BCUT2D eigenvalue weighted by atomic mass is 35.5. The van der Waals surface area contributed by atoms with Crippen molar-refractivity contribution in [3.05, 3.63) is 69.7 Å². The summed E-state index contributed by atoms with van der Waals surface area (Å²) in [7, 11) is 0. The standard InChI is InChI=1S/C20H18ClN3O3/c21-14-2-4-15(5-3-14)27-16-7-9-24(10-8-16)20(26)13-1-6-17-18(11-13)22-12-23-19(17)25/h1-6,11-12,16H,7-10H2,(H,22,23,25). The molecule has 7 heteroatoms. The molecule has 0 bridgehead atoms. The predicted octanol–water partition coefficient (Wildman–Crippen LogP) is 3.26. The average Bonchev–Trinajstić information content (AvgIpc) is 2.70. The maximum atomic E-state index is 12.8. The summed E-state index contributed by atoms with van der Waals surface area (Å²) >= 11 is 5.89. The molecule has 138 valence electrons. The maximum Gasteiger partial charge on any atom is 0.258 e. The fraction of sp³-hybridized carbons (Fsp3) is 0.250. The molecule has 1 aromatic heterocycles. The van der Waals surface area contributed by atoms with Crippen LogP contribution < -0.4 is 10.3 Å². The van der Waals surface area contributed by atoms with Gasteiger partial charge in [0.1, 0.15) is 11.9 Å². The third kappa shape index (κ3) is 3.80. The van der Waals surface area contributed by atoms with E-state index >= 15 is 0 Å². The molecule has 1 saturated heterocycles. The number of carbonyl (C=O) groups is 1. The highest BCUT2D eigenvalue weighted by Crippen LogP contribution is 2.22. The third-order valence-electron chi connectivity index (χ3n) is 4.73.